The summed E-state index contributed by atoms with van der Waals surface area (Å²) < 4.78 is 53.3. The van der Waals surface area contributed by atoms with Gasteiger partial charge in [-0.25, -0.2) is 32.7 Å². The van der Waals surface area contributed by atoms with E-state index >= 15 is 0 Å². The van der Waals surface area contributed by atoms with E-state index in [1.807, 2.05) is 0 Å². The summed E-state index contributed by atoms with van der Waals surface area (Å²) in [6.07, 6.45) is -0.0517. The summed E-state index contributed by atoms with van der Waals surface area (Å²) in [6, 6.07) is 5.49. The number of halogens is 3. The molecule has 2 aliphatic rings. The third kappa shape index (κ3) is 5.68. The number of aromatic nitrogens is 1. The van der Waals surface area contributed by atoms with Crippen molar-refractivity contribution in [3.05, 3.63) is 63.5 Å². The molecule has 3 heterocycles. The van der Waals surface area contributed by atoms with E-state index < -0.39 is 48.5 Å². The van der Waals surface area contributed by atoms with Gasteiger partial charge in [0.1, 0.15) is 24.1 Å². The number of nitrogens with one attached hydrogen (secondary N) is 1. The van der Waals surface area contributed by atoms with Crippen LogP contribution >= 0.6 is 11.3 Å². The molecule has 1 fully saturated rings. The van der Waals surface area contributed by atoms with Crippen molar-refractivity contribution in [3.63, 3.8) is 0 Å². The number of nitrogens with zero attached hydrogens (tertiary/aromatic N) is 3. The molecule has 0 saturated carbocycles. The van der Waals surface area contributed by atoms with Gasteiger partial charge in [0.05, 0.1) is 18.7 Å². The normalized spacial score (nSPS) is 23.5. The minimum absolute atomic E-state index is 0.0606. The van der Waals surface area contributed by atoms with Crippen molar-refractivity contribution in [2.75, 3.05) is 32.8 Å². The third-order valence-corrected chi connectivity index (χ3v) is 6.81. The number of thiazole rings is 1. The van der Waals surface area contributed by atoms with Gasteiger partial charge in [-0.3, -0.25) is 4.90 Å². The van der Waals surface area contributed by atoms with Crippen molar-refractivity contribution < 1.29 is 37.3 Å². The lowest BCUT2D eigenvalue weighted by Crippen LogP contribution is -2.45. The van der Waals surface area contributed by atoms with Crippen molar-refractivity contribution >= 4 is 29.1 Å². The van der Waals surface area contributed by atoms with Crippen molar-refractivity contribution in [2.45, 2.75) is 31.4 Å². The number of carboxylic acid groups (broad SMARTS) is 1. The van der Waals surface area contributed by atoms with Gasteiger partial charge in [-0.2, -0.15) is 0 Å². The van der Waals surface area contributed by atoms with E-state index in [9.17, 15) is 22.8 Å². The molecule has 0 bridgehead atoms. The molecule has 2 unspecified atom stereocenters. The van der Waals surface area contributed by atoms with Gasteiger partial charge < -0.3 is 19.9 Å². The van der Waals surface area contributed by atoms with Crippen molar-refractivity contribution in [1.29, 1.82) is 0 Å². The van der Waals surface area contributed by atoms with Crippen LogP contribution in [-0.4, -0.2) is 77.6 Å². The fourth-order valence-electron chi connectivity index (χ4n) is 4.40. The Morgan fingerprint density at radius 3 is 2.65 bits per heavy atom. The highest BCUT2D eigenvalue weighted by Gasteiger charge is 2.50. The summed E-state index contributed by atoms with van der Waals surface area (Å²) in [5, 5.41) is 14.2. The van der Waals surface area contributed by atoms with E-state index in [1.165, 1.54) is 40.5 Å². The Morgan fingerprint density at radius 2 is 2.03 bits per heavy atom. The zero-order chi connectivity index (χ0) is 26.8. The molecule has 2 aromatic rings. The first-order chi connectivity index (χ1) is 17.5. The van der Waals surface area contributed by atoms with Gasteiger partial charge in [0.15, 0.2) is 10.8 Å². The number of esters is 1. The van der Waals surface area contributed by atoms with E-state index in [2.05, 4.69) is 10.3 Å². The largest absolute Gasteiger partial charge is 0.480 e. The second-order valence-corrected chi connectivity index (χ2v) is 9.59. The number of carbonyl (C=O) groups excluding carboxylic acids is 1. The van der Waals surface area contributed by atoms with Gasteiger partial charge in [-0.15, -0.1) is 11.3 Å². The Balaban J connectivity index is 1.76. The highest BCUT2D eigenvalue weighted by molar-refractivity contribution is 7.11. The van der Waals surface area contributed by atoms with Crippen LogP contribution in [0, 0.1) is 5.82 Å². The molecule has 2 N–H and O–H groups in total. The molecule has 9 nitrogen and oxygen atoms in total. The molecule has 0 radical (unpaired) electrons. The molecule has 2 aliphatic heterocycles. The topological polar surface area (TPSA) is 113 Å². The number of aliphatic carboxylic acids is 1. The first-order valence-corrected chi connectivity index (χ1v) is 12.3. The summed E-state index contributed by atoms with van der Waals surface area (Å²) in [6.45, 7) is 1.39. The predicted molar refractivity (Wildman–Crippen MR) is 128 cm³/mol. The van der Waals surface area contributed by atoms with Crippen molar-refractivity contribution in [3.8, 4) is 0 Å². The molecule has 2 atom stereocenters. The SMILES string of the molecule is CCOC(=O)C1=C(CN2CC(OCC(=O)O)C(F)(F)C2)NC(c2nccs2)=NC1(C)c1ccc(F)cc1. The molecule has 0 aliphatic carbocycles. The monoisotopic (exact) mass is 538 g/mol. The number of benzene rings is 1. The van der Waals surface area contributed by atoms with E-state index in [0.29, 0.717) is 16.4 Å². The number of likely N-dealkylation sites (tertiary alicyclic amines) is 1. The number of rotatable bonds is 9. The van der Waals surface area contributed by atoms with Gasteiger partial charge in [0.25, 0.3) is 5.92 Å². The Kier molecular flexibility index (Phi) is 7.67. The molecule has 1 aromatic heterocycles. The maximum absolute atomic E-state index is 14.6. The van der Waals surface area contributed by atoms with Crippen molar-refractivity contribution in [2.24, 2.45) is 4.99 Å². The summed E-state index contributed by atoms with van der Waals surface area (Å²) in [5.41, 5.74) is -0.526. The number of ether oxygens (including phenoxy) is 2. The lowest BCUT2D eigenvalue weighted by atomic mass is 9.82. The number of aliphatic imine (C=N–C) groups is 1. The van der Waals surface area contributed by atoms with E-state index in [0.717, 1.165) is 0 Å². The van der Waals surface area contributed by atoms with Crippen LogP contribution in [0.3, 0.4) is 0 Å². The maximum atomic E-state index is 14.6. The van der Waals surface area contributed by atoms with Crippen LogP contribution in [0.4, 0.5) is 13.2 Å². The molecule has 0 amide bonds. The average Bonchev–Trinajstić information content (AvgIpc) is 3.45. The fourth-order valence-corrected chi connectivity index (χ4v) is 4.98. The van der Waals surface area contributed by atoms with Crippen LogP contribution in [-0.2, 0) is 24.6 Å². The molecule has 1 saturated heterocycles. The Hall–Kier alpha value is -3.29. The smallest absolute Gasteiger partial charge is 0.338 e. The van der Waals surface area contributed by atoms with Crippen LogP contribution in [0.2, 0.25) is 0 Å². The Labute approximate surface area is 214 Å². The Morgan fingerprint density at radius 1 is 1.30 bits per heavy atom. The quantitative estimate of drug-likeness (QED) is 0.469. The fraction of sp³-hybridized carbons (Fsp3) is 0.417. The molecule has 37 heavy (non-hydrogen) atoms. The summed E-state index contributed by atoms with van der Waals surface area (Å²) in [7, 11) is 0. The van der Waals surface area contributed by atoms with Crippen LogP contribution in [0.15, 0.2) is 52.1 Å². The molecule has 13 heteroatoms. The molecular formula is C24H25F3N4O5S. The van der Waals surface area contributed by atoms with Gasteiger partial charge in [-0.05, 0) is 31.5 Å². The van der Waals surface area contributed by atoms with E-state index in [1.54, 1.807) is 25.4 Å². The van der Waals surface area contributed by atoms with Crippen molar-refractivity contribution in [1.82, 2.24) is 15.2 Å². The molecular weight excluding hydrogens is 513 g/mol. The summed E-state index contributed by atoms with van der Waals surface area (Å²) in [5.74, 6) is -5.52. The maximum Gasteiger partial charge on any atom is 0.338 e. The average molecular weight is 539 g/mol. The van der Waals surface area contributed by atoms with Gasteiger partial charge in [0, 0.05) is 30.4 Å². The number of amidine groups is 1. The molecule has 0 spiro atoms. The lowest BCUT2D eigenvalue weighted by Gasteiger charge is -2.36. The minimum Gasteiger partial charge on any atom is -0.480 e. The van der Waals surface area contributed by atoms with Crippen LogP contribution in [0.25, 0.3) is 0 Å². The second kappa shape index (κ2) is 10.6. The van der Waals surface area contributed by atoms with E-state index in [4.69, 9.17) is 19.6 Å². The van der Waals surface area contributed by atoms with Gasteiger partial charge in [0.2, 0.25) is 0 Å². The highest BCUT2D eigenvalue weighted by Crippen LogP contribution is 2.40. The number of hydrogen-bond acceptors (Lipinski definition) is 9. The Bertz CT molecular complexity index is 1220. The third-order valence-electron chi connectivity index (χ3n) is 6.03. The van der Waals surface area contributed by atoms with Crippen LogP contribution in [0.1, 0.15) is 24.4 Å². The standard InChI is InChI=1S/C24H25F3N4O5S/c1-3-35-22(34)19-16(10-31-11-17(24(26,27)13-31)36-12-18(32)33)29-20(21-28-8-9-37-21)30-23(19,2)14-4-6-15(25)7-5-14/h4-9,17H,3,10-13H2,1-2H3,(H,29,30)(H,32,33). The van der Waals surface area contributed by atoms with Gasteiger partial charge in [-0.1, -0.05) is 12.1 Å². The lowest BCUT2D eigenvalue weighted by molar-refractivity contribution is -0.152. The first kappa shape index (κ1) is 26.8. The number of carbonyl (C=O) groups is 2. The number of hydrogen-bond donors (Lipinski definition) is 2. The molecule has 198 valence electrons. The first-order valence-electron chi connectivity index (χ1n) is 11.4. The zero-order valence-corrected chi connectivity index (χ0v) is 20.9. The highest BCUT2D eigenvalue weighted by atomic mass is 32.1. The van der Waals surface area contributed by atoms with Gasteiger partial charge >= 0.3 is 11.9 Å². The second-order valence-electron chi connectivity index (χ2n) is 8.70. The summed E-state index contributed by atoms with van der Waals surface area (Å²) >= 11 is 1.29. The zero-order valence-electron chi connectivity index (χ0n) is 20.0. The summed E-state index contributed by atoms with van der Waals surface area (Å²) in [4.78, 5) is 34.5. The number of alkyl halides is 2. The van der Waals surface area contributed by atoms with Crippen LogP contribution in [0.5, 0.6) is 0 Å². The van der Waals surface area contributed by atoms with Crippen LogP contribution < -0.4 is 5.32 Å². The molecule has 4 rings (SSSR count). The number of carboxylic acids is 1. The predicted octanol–water partition coefficient (Wildman–Crippen LogP) is 2.79. The minimum atomic E-state index is -3.30. The molecule has 1 aromatic carbocycles. The van der Waals surface area contributed by atoms with E-state index in [-0.39, 0.29) is 31.0 Å².